The molecule has 0 aromatic heterocycles. The van der Waals surface area contributed by atoms with Gasteiger partial charge in [0.05, 0.1) is 18.6 Å². The molecule has 6 heteroatoms. The average molecular weight is 625 g/mol. The van der Waals surface area contributed by atoms with Crippen LogP contribution in [0.25, 0.3) is 0 Å². The summed E-state index contributed by atoms with van der Waals surface area (Å²) in [7, 11) is 0. The van der Waals surface area contributed by atoms with Gasteiger partial charge in [-0.3, -0.25) is 0 Å². The zero-order valence-corrected chi connectivity index (χ0v) is 29.8. The van der Waals surface area contributed by atoms with E-state index in [4.69, 9.17) is 18.9 Å². The number of esters is 1. The van der Waals surface area contributed by atoms with Crippen LogP contribution >= 0.6 is 0 Å². The Morgan fingerprint density at radius 1 is 1.00 bits per heavy atom. The van der Waals surface area contributed by atoms with Crippen molar-refractivity contribution in [3.05, 3.63) is 70.5 Å². The number of aliphatic hydroxyl groups excluding tert-OH is 1. The predicted octanol–water partition coefficient (Wildman–Crippen LogP) is 9.98. The molecule has 4 rings (SSSR count). The van der Waals surface area contributed by atoms with Crippen molar-refractivity contribution in [2.75, 3.05) is 0 Å². The van der Waals surface area contributed by atoms with Crippen molar-refractivity contribution >= 4 is 5.97 Å². The quantitative estimate of drug-likeness (QED) is 0.148. The van der Waals surface area contributed by atoms with Crippen molar-refractivity contribution in [3.63, 3.8) is 0 Å². The molecule has 0 radical (unpaired) electrons. The first kappa shape index (κ1) is 36.7. The number of hydrogen-bond donors (Lipinski definition) is 1. The number of cyclic esters (lactones) is 1. The molecule has 0 bridgehead atoms. The van der Waals surface area contributed by atoms with Gasteiger partial charge in [0.1, 0.15) is 5.76 Å². The van der Waals surface area contributed by atoms with E-state index in [9.17, 15) is 9.90 Å². The molecule has 5 atom stereocenters. The molecule has 4 aliphatic rings. The standard InChI is InChI=1S/C20H30O3.C19H30O3/c1-13(12-22-19-10-14(2)16(4)23-19)7-8-18-15(3)9-17(21)11-20(18,5)6;1-13(12-21-17-11-15(3)18(20)22-17)8-9-16-14(2)7-6-10-19(16,4)5/h10,12,17,19,21H,4,7-9,11H2,1-3,5-6H3;11-12,14,16-17H,6-10H2,1-5H3/b2*13-12-. The van der Waals surface area contributed by atoms with E-state index in [1.54, 1.807) is 25.5 Å². The van der Waals surface area contributed by atoms with Crippen LogP contribution in [0.5, 0.6) is 0 Å². The van der Waals surface area contributed by atoms with Gasteiger partial charge in [0.15, 0.2) is 0 Å². The number of ether oxygens (including phenoxy) is 4. The Labute approximate surface area is 273 Å². The van der Waals surface area contributed by atoms with E-state index in [2.05, 4.69) is 62.0 Å². The van der Waals surface area contributed by atoms with E-state index in [1.165, 1.54) is 48.0 Å². The number of aliphatic hydroxyl groups is 1. The van der Waals surface area contributed by atoms with Crippen molar-refractivity contribution in [1.29, 1.82) is 0 Å². The molecule has 1 fully saturated rings. The van der Waals surface area contributed by atoms with Gasteiger partial charge in [0.25, 0.3) is 12.6 Å². The summed E-state index contributed by atoms with van der Waals surface area (Å²) >= 11 is 0. The number of rotatable bonds is 10. The molecule has 0 amide bonds. The fourth-order valence-corrected chi connectivity index (χ4v) is 7.49. The predicted molar refractivity (Wildman–Crippen MR) is 182 cm³/mol. The first-order chi connectivity index (χ1) is 21.0. The molecule has 252 valence electrons. The lowest BCUT2D eigenvalue weighted by molar-refractivity contribution is -0.152. The molecule has 45 heavy (non-hydrogen) atoms. The zero-order valence-electron chi connectivity index (χ0n) is 29.8. The molecule has 2 aliphatic carbocycles. The van der Waals surface area contributed by atoms with Crippen LogP contribution in [-0.2, 0) is 23.7 Å². The maximum absolute atomic E-state index is 11.3. The molecule has 0 saturated heterocycles. The minimum Gasteiger partial charge on any atom is -0.459 e. The summed E-state index contributed by atoms with van der Waals surface area (Å²) in [6.07, 6.45) is 16.1. The highest BCUT2D eigenvalue weighted by Crippen LogP contribution is 2.46. The SMILES string of the molecule is C=C1OC(O/C=C(/C)CCC2=C(C)CC(O)CC2(C)C)C=C1C.CC1=CC(O/C=C(/C)CCC2C(C)CCCC2(C)C)OC1=O. The van der Waals surface area contributed by atoms with Gasteiger partial charge in [-0.2, -0.15) is 0 Å². The summed E-state index contributed by atoms with van der Waals surface area (Å²) in [5, 5.41) is 9.97. The zero-order chi connectivity index (χ0) is 33.5. The summed E-state index contributed by atoms with van der Waals surface area (Å²) in [5.41, 5.74) is 7.41. The van der Waals surface area contributed by atoms with Crippen LogP contribution in [-0.4, -0.2) is 29.8 Å². The second-order valence-electron chi connectivity index (χ2n) is 15.3. The van der Waals surface area contributed by atoms with E-state index in [-0.39, 0.29) is 23.8 Å². The monoisotopic (exact) mass is 624 g/mol. The van der Waals surface area contributed by atoms with Gasteiger partial charge in [-0.05, 0) is 119 Å². The van der Waals surface area contributed by atoms with E-state index in [0.29, 0.717) is 16.7 Å². The molecule has 2 aliphatic heterocycles. The second kappa shape index (κ2) is 15.7. The van der Waals surface area contributed by atoms with Gasteiger partial charge in [-0.25, -0.2) is 4.79 Å². The summed E-state index contributed by atoms with van der Waals surface area (Å²) in [4.78, 5) is 11.3. The van der Waals surface area contributed by atoms with Crippen molar-refractivity contribution in [3.8, 4) is 0 Å². The van der Waals surface area contributed by atoms with E-state index < -0.39 is 6.29 Å². The average Bonchev–Trinajstić information content (AvgIpc) is 3.43. The Morgan fingerprint density at radius 3 is 2.13 bits per heavy atom. The van der Waals surface area contributed by atoms with E-state index in [1.807, 2.05) is 13.0 Å². The van der Waals surface area contributed by atoms with Crippen LogP contribution in [0.1, 0.15) is 127 Å². The molecular formula is C39H60O6. The lowest BCUT2D eigenvalue weighted by Gasteiger charge is -2.43. The summed E-state index contributed by atoms with van der Waals surface area (Å²) < 4.78 is 21.8. The summed E-state index contributed by atoms with van der Waals surface area (Å²) in [6, 6.07) is 0. The van der Waals surface area contributed by atoms with Crippen LogP contribution in [0.2, 0.25) is 0 Å². The second-order valence-corrected chi connectivity index (χ2v) is 15.3. The van der Waals surface area contributed by atoms with Gasteiger partial charge in [-0.15, -0.1) is 0 Å². The molecule has 6 nitrogen and oxygen atoms in total. The van der Waals surface area contributed by atoms with E-state index in [0.717, 1.165) is 49.5 Å². The Morgan fingerprint density at radius 2 is 1.60 bits per heavy atom. The van der Waals surface area contributed by atoms with Crippen LogP contribution in [0.4, 0.5) is 0 Å². The molecule has 0 aromatic carbocycles. The summed E-state index contributed by atoms with van der Waals surface area (Å²) in [6.45, 7) is 25.5. The van der Waals surface area contributed by atoms with Crippen LogP contribution < -0.4 is 0 Å². The maximum Gasteiger partial charge on any atom is 0.336 e. The number of hydrogen-bond acceptors (Lipinski definition) is 6. The Hall–Kier alpha value is -2.73. The summed E-state index contributed by atoms with van der Waals surface area (Å²) in [5.74, 6) is 1.98. The van der Waals surface area contributed by atoms with Crippen LogP contribution in [0.15, 0.2) is 70.5 Å². The molecule has 5 unspecified atom stereocenters. The van der Waals surface area contributed by atoms with Crippen molar-refractivity contribution in [2.24, 2.45) is 22.7 Å². The van der Waals surface area contributed by atoms with Gasteiger partial charge in [-0.1, -0.05) is 65.2 Å². The van der Waals surface area contributed by atoms with Gasteiger partial charge in [0.2, 0.25) is 0 Å². The molecular weight excluding hydrogens is 564 g/mol. The fourth-order valence-electron chi connectivity index (χ4n) is 7.49. The lowest BCUT2D eigenvalue weighted by Crippen LogP contribution is -2.33. The number of allylic oxidation sites excluding steroid dienone is 4. The van der Waals surface area contributed by atoms with Crippen molar-refractivity contribution < 1.29 is 28.8 Å². The maximum atomic E-state index is 11.3. The van der Waals surface area contributed by atoms with Crippen LogP contribution in [0, 0.1) is 22.7 Å². The number of carbonyl (C=O) groups is 1. The first-order valence-corrected chi connectivity index (χ1v) is 16.9. The molecule has 1 N–H and O–H groups in total. The third kappa shape index (κ3) is 10.7. The molecule has 2 heterocycles. The first-order valence-electron chi connectivity index (χ1n) is 16.9. The van der Waals surface area contributed by atoms with Gasteiger partial charge >= 0.3 is 5.97 Å². The third-order valence-corrected chi connectivity index (χ3v) is 10.2. The third-order valence-electron chi connectivity index (χ3n) is 10.2. The fraction of sp³-hybridized carbons (Fsp3) is 0.667. The largest absolute Gasteiger partial charge is 0.459 e. The van der Waals surface area contributed by atoms with Crippen LogP contribution in [0.3, 0.4) is 0 Å². The number of carbonyl (C=O) groups excluding carboxylic acids is 1. The highest BCUT2D eigenvalue weighted by atomic mass is 16.7. The lowest BCUT2D eigenvalue weighted by atomic mass is 9.62. The topological polar surface area (TPSA) is 74.2 Å². The van der Waals surface area contributed by atoms with Crippen molar-refractivity contribution in [1.82, 2.24) is 0 Å². The Balaban J connectivity index is 0.000000246. The molecule has 0 aromatic rings. The minimum absolute atomic E-state index is 0.0784. The van der Waals surface area contributed by atoms with E-state index >= 15 is 0 Å². The van der Waals surface area contributed by atoms with Crippen molar-refractivity contribution in [2.45, 2.75) is 146 Å². The normalized spacial score (nSPS) is 29.7. The highest BCUT2D eigenvalue weighted by Gasteiger charge is 2.36. The molecule has 1 saturated carbocycles. The highest BCUT2D eigenvalue weighted by molar-refractivity contribution is 5.89. The Bertz CT molecular complexity index is 1230. The Kier molecular flexibility index (Phi) is 12.8. The minimum atomic E-state index is -0.549. The molecule has 0 spiro atoms. The van der Waals surface area contributed by atoms with Gasteiger partial charge < -0.3 is 24.1 Å². The van der Waals surface area contributed by atoms with Gasteiger partial charge in [0, 0.05) is 17.7 Å². The smallest absolute Gasteiger partial charge is 0.336 e.